The van der Waals surface area contributed by atoms with Crippen molar-refractivity contribution in [3.05, 3.63) is 11.9 Å². The highest BCUT2D eigenvalue weighted by atomic mass is 16.5. The molecular formula is C13H25N3O. The molecule has 1 unspecified atom stereocenters. The summed E-state index contributed by atoms with van der Waals surface area (Å²) in [7, 11) is 1.73. The van der Waals surface area contributed by atoms with Crippen LogP contribution in [0.5, 0.6) is 0 Å². The van der Waals surface area contributed by atoms with Gasteiger partial charge in [0.1, 0.15) is 0 Å². The van der Waals surface area contributed by atoms with Crippen LogP contribution in [0.1, 0.15) is 45.3 Å². The fraction of sp³-hybridized carbons (Fsp3) is 0.769. The van der Waals surface area contributed by atoms with Gasteiger partial charge in [0.2, 0.25) is 5.95 Å². The van der Waals surface area contributed by atoms with Gasteiger partial charge < -0.3 is 14.6 Å². The van der Waals surface area contributed by atoms with Gasteiger partial charge in [0.05, 0.1) is 18.3 Å². The van der Waals surface area contributed by atoms with Crippen LogP contribution in [0.4, 0.5) is 5.95 Å². The summed E-state index contributed by atoms with van der Waals surface area (Å²) in [5, 5.41) is 3.50. The quantitative estimate of drug-likeness (QED) is 0.795. The highest BCUT2D eigenvalue weighted by Crippen LogP contribution is 2.18. The zero-order valence-electron chi connectivity index (χ0n) is 11.7. The molecule has 1 atom stereocenters. The number of hydrogen-bond donors (Lipinski definition) is 1. The van der Waals surface area contributed by atoms with Crippen LogP contribution in [0.15, 0.2) is 6.20 Å². The minimum absolute atomic E-state index is 0.304. The molecule has 0 aromatic carbocycles. The lowest BCUT2D eigenvalue weighted by atomic mass is 10.2. The average Bonchev–Trinajstić information content (AvgIpc) is 2.67. The van der Waals surface area contributed by atoms with Crippen molar-refractivity contribution in [2.45, 2.75) is 52.6 Å². The summed E-state index contributed by atoms with van der Waals surface area (Å²) in [6.45, 7) is 9.25. The lowest BCUT2D eigenvalue weighted by molar-refractivity contribution is 0.163. The molecular weight excluding hydrogens is 214 g/mol. The molecule has 0 amide bonds. The number of anilines is 1. The van der Waals surface area contributed by atoms with Crippen molar-refractivity contribution in [1.29, 1.82) is 0 Å². The fourth-order valence-electron chi connectivity index (χ4n) is 1.96. The minimum Gasteiger partial charge on any atom is -0.383 e. The van der Waals surface area contributed by atoms with Crippen LogP contribution in [0.2, 0.25) is 0 Å². The molecule has 0 fully saturated rings. The second-order valence-corrected chi connectivity index (χ2v) is 4.58. The molecule has 4 nitrogen and oxygen atoms in total. The van der Waals surface area contributed by atoms with Gasteiger partial charge in [0, 0.05) is 19.3 Å². The number of aryl methyl sites for hydroxylation is 1. The van der Waals surface area contributed by atoms with E-state index in [9.17, 15) is 0 Å². The van der Waals surface area contributed by atoms with E-state index in [0.717, 1.165) is 24.5 Å². The van der Waals surface area contributed by atoms with Crippen molar-refractivity contribution < 1.29 is 4.74 Å². The molecule has 1 aromatic rings. The van der Waals surface area contributed by atoms with Crippen LogP contribution < -0.4 is 5.32 Å². The first-order chi connectivity index (χ1) is 8.12. The molecule has 98 valence electrons. The van der Waals surface area contributed by atoms with Crippen molar-refractivity contribution in [1.82, 2.24) is 9.55 Å². The van der Waals surface area contributed by atoms with Gasteiger partial charge in [-0.3, -0.25) is 0 Å². The van der Waals surface area contributed by atoms with Crippen molar-refractivity contribution in [2.75, 3.05) is 19.0 Å². The summed E-state index contributed by atoms with van der Waals surface area (Å²) in [6, 6.07) is 0.795. The smallest absolute Gasteiger partial charge is 0.203 e. The Balaban J connectivity index is 2.83. The van der Waals surface area contributed by atoms with Crippen molar-refractivity contribution >= 4 is 5.95 Å². The van der Waals surface area contributed by atoms with E-state index >= 15 is 0 Å². The van der Waals surface area contributed by atoms with Gasteiger partial charge >= 0.3 is 0 Å². The fourth-order valence-corrected chi connectivity index (χ4v) is 1.96. The van der Waals surface area contributed by atoms with Crippen molar-refractivity contribution in [3.63, 3.8) is 0 Å². The zero-order chi connectivity index (χ0) is 12.8. The van der Waals surface area contributed by atoms with Crippen LogP contribution in [0, 0.1) is 6.92 Å². The molecule has 17 heavy (non-hydrogen) atoms. The molecule has 0 aliphatic carbocycles. The summed E-state index contributed by atoms with van der Waals surface area (Å²) < 4.78 is 7.37. The van der Waals surface area contributed by atoms with Gasteiger partial charge in [-0.15, -0.1) is 0 Å². The van der Waals surface area contributed by atoms with E-state index in [4.69, 9.17) is 4.74 Å². The molecule has 0 aliphatic heterocycles. The second kappa shape index (κ2) is 6.64. The molecule has 4 heteroatoms. The first-order valence-corrected chi connectivity index (χ1v) is 6.43. The molecule has 0 saturated heterocycles. The molecule has 0 radical (unpaired) electrons. The lowest BCUT2D eigenvalue weighted by Gasteiger charge is -2.20. The predicted octanol–water partition coefficient (Wildman–Crippen LogP) is 3.00. The Morgan fingerprint density at radius 2 is 2.06 bits per heavy atom. The van der Waals surface area contributed by atoms with Crippen LogP contribution in [0.3, 0.4) is 0 Å². The topological polar surface area (TPSA) is 39.1 Å². The minimum atomic E-state index is 0.304. The van der Waals surface area contributed by atoms with E-state index < -0.39 is 0 Å². The molecule has 1 heterocycles. The van der Waals surface area contributed by atoms with Crippen molar-refractivity contribution in [2.24, 2.45) is 0 Å². The Labute approximate surface area is 104 Å². The summed E-state index contributed by atoms with van der Waals surface area (Å²) in [6.07, 6.45) is 4.30. The Kier molecular flexibility index (Phi) is 5.48. The number of nitrogens with zero attached hydrogens (tertiary/aromatic N) is 2. The van der Waals surface area contributed by atoms with Gasteiger partial charge in [-0.2, -0.15) is 0 Å². The highest BCUT2D eigenvalue weighted by Gasteiger charge is 2.13. The maximum absolute atomic E-state index is 5.20. The Hall–Kier alpha value is -1.03. The number of ether oxygens (including phenoxy) is 1. The standard InChI is InChI=1S/C13H25N3O/c1-6-12(7-2)15-13-14-10(3)8-16(13)11(4)9-17-5/h8,11-12H,6-7,9H2,1-5H3,(H,14,15). The summed E-state index contributed by atoms with van der Waals surface area (Å²) in [4.78, 5) is 4.55. The van der Waals surface area contributed by atoms with Crippen LogP contribution in [-0.4, -0.2) is 29.3 Å². The van der Waals surface area contributed by atoms with E-state index in [1.165, 1.54) is 0 Å². The van der Waals surface area contributed by atoms with E-state index in [0.29, 0.717) is 18.7 Å². The number of rotatable bonds is 7. The van der Waals surface area contributed by atoms with E-state index in [1.54, 1.807) is 7.11 Å². The number of aromatic nitrogens is 2. The SMILES string of the molecule is CCC(CC)Nc1nc(C)cn1C(C)COC. The summed E-state index contributed by atoms with van der Waals surface area (Å²) >= 11 is 0. The van der Waals surface area contributed by atoms with E-state index in [-0.39, 0.29) is 0 Å². The zero-order valence-corrected chi connectivity index (χ0v) is 11.7. The number of hydrogen-bond acceptors (Lipinski definition) is 3. The second-order valence-electron chi connectivity index (χ2n) is 4.58. The summed E-state index contributed by atoms with van der Waals surface area (Å²) in [5.41, 5.74) is 1.04. The monoisotopic (exact) mass is 239 g/mol. The highest BCUT2D eigenvalue weighted by molar-refractivity contribution is 5.31. The van der Waals surface area contributed by atoms with Gasteiger partial charge in [-0.1, -0.05) is 13.8 Å². The first-order valence-electron chi connectivity index (χ1n) is 6.43. The number of methoxy groups -OCH3 is 1. The molecule has 0 bridgehead atoms. The van der Waals surface area contributed by atoms with E-state index in [2.05, 4.69) is 41.8 Å². The van der Waals surface area contributed by atoms with Gasteiger partial charge in [0.25, 0.3) is 0 Å². The average molecular weight is 239 g/mol. The molecule has 0 aliphatic rings. The Morgan fingerprint density at radius 1 is 1.41 bits per heavy atom. The molecule has 1 N–H and O–H groups in total. The molecule has 1 rings (SSSR count). The Morgan fingerprint density at radius 3 is 2.59 bits per heavy atom. The normalized spacial score (nSPS) is 13.1. The maximum atomic E-state index is 5.20. The summed E-state index contributed by atoms with van der Waals surface area (Å²) in [5.74, 6) is 0.959. The Bertz CT molecular complexity index is 331. The third kappa shape index (κ3) is 3.73. The van der Waals surface area contributed by atoms with Gasteiger partial charge in [-0.25, -0.2) is 4.98 Å². The molecule has 1 aromatic heterocycles. The third-order valence-electron chi connectivity index (χ3n) is 3.05. The van der Waals surface area contributed by atoms with Crippen molar-refractivity contribution in [3.8, 4) is 0 Å². The third-order valence-corrected chi connectivity index (χ3v) is 3.05. The van der Waals surface area contributed by atoms with E-state index in [1.807, 2.05) is 6.92 Å². The van der Waals surface area contributed by atoms with Crippen LogP contribution in [0.25, 0.3) is 0 Å². The maximum Gasteiger partial charge on any atom is 0.203 e. The molecule has 0 saturated carbocycles. The largest absolute Gasteiger partial charge is 0.383 e. The molecule has 0 spiro atoms. The number of nitrogens with one attached hydrogen (secondary N) is 1. The van der Waals surface area contributed by atoms with Crippen LogP contribution in [-0.2, 0) is 4.74 Å². The van der Waals surface area contributed by atoms with Gasteiger partial charge in [0.15, 0.2) is 0 Å². The van der Waals surface area contributed by atoms with Crippen LogP contribution >= 0.6 is 0 Å². The number of imidazole rings is 1. The lowest BCUT2D eigenvalue weighted by Crippen LogP contribution is -2.22. The van der Waals surface area contributed by atoms with Gasteiger partial charge in [-0.05, 0) is 26.7 Å². The first kappa shape index (κ1) is 14.0. The predicted molar refractivity (Wildman–Crippen MR) is 71.5 cm³/mol.